The van der Waals surface area contributed by atoms with Gasteiger partial charge in [0.1, 0.15) is 0 Å². The highest BCUT2D eigenvalue weighted by Crippen LogP contribution is 2.53. The molecule has 4 heteroatoms. The van der Waals surface area contributed by atoms with Crippen molar-refractivity contribution in [3.05, 3.63) is 11.6 Å². The molecule has 2 aliphatic carbocycles. The maximum Gasteiger partial charge on any atom is 0.336 e. The first-order chi connectivity index (χ1) is 9.64. The van der Waals surface area contributed by atoms with Crippen LogP contribution < -0.4 is 0 Å². The molecule has 0 radical (unpaired) electrons. The van der Waals surface area contributed by atoms with E-state index in [0.717, 1.165) is 24.8 Å². The van der Waals surface area contributed by atoms with E-state index in [1.54, 1.807) is 0 Å². The summed E-state index contributed by atoms with van der Waals surface area (Å²) in [5.74, 6) is 0.190. The number of rotatable bonds is 3. The van der Waals surface area contributed by atoms with Crippen molar-refractivity contribution in [1.82, 2.24) is 0 Å². The lowest BCUT2D eigenvalue weighted by atomic mass is 9.67. The molecule has 0 aromatic heterocycles. The van der Waals surface area contributed by atoms with Gasteiger partial charge in [-0.1, -0.05) is 46.1 Å². The number of fused-ring (bicyclic) bond motifs is 1. The van der Waals surface area contributed by atoms with Gasteiger partial charge in [0.05, 0.1) is 18.3 Å². The number of carbonyl (C=O) groups is 1. The summed E-state index contributed by atoms with van der Waals surface area (Å²) in [6.07, 6.45) is 7.81. The molecule has 21 heavy (non-hydrogen) atoms. The highest BCUT2D eigenvalue weighted by atomic mass is 28.4. The molecule has 2 aliphatic rings. The molecule has 120 valence electrons. The molecule has 0 aliphatic heterocycles. The summed E-state index contributed by atoms with van der Waals surface area (Å²) in [4.78, 5) is 12.1. The molecule has 0 bridgehead atoms. The van der Waals surface area contributed by atoms with Crippen LogP contribution in [0.1, 0.15) is 52.9 Å². The first-order valence-electron chi connectivity index (χ1n) is 8.15. The lowest BCUT2D eigenvalue weighted by Gasteiger charge is -2.53. The van der Waals surface area contributed by atoms with Gasteiger partial charge >= 0.3 is 5.97 Å². The molecular formula is C17H30O3Si. The number of hydrogen-bond acceptors (Lipinski definition) is 3. The number of methoxy groups -OCH3 is 1. The van der Waals surface area contributed by atoms with Gasteiger partial charge in [0.15, 0.2) is 8.32 Å². The van der Waals surface area contributed by atoms with Crippen molar-refractivity contribution in [3.63, 3.8) is 0 Å². The van der Waals surface area contributed by atoms with Crippen LogP contribution in [0.15, 0.2) is 11.6 Å². The van der Waals surface area contributed by atoms with Gasteiger partial charge in [-0.25, -0.2) is 4.79 Å². The Morgan fingerprint density at radius 3 is 2.52 bits per heavy atom. The number of esters is 1. The van der Waals surface area contributed by atoms with Crippen LogP contribution in [-0.2, 0) is 14.0 Å². The van der Waals surface area contributed by atoms with Gasteiger partial charge in [0.25, 0.3) is 0 Å². The minimum absolute atomic E-state index is 0.148. The predicted molar refractivity (Wildman–Crippen MR) is 87.7 cm³/mol. The topological polar surface area (TPSA) is 35.5 Å². The van der Waals surface area contributed by atoms with Crippen molar-refractivity contribution >= 4 is 14.3 Å². The average molecular weight is 311 g/mol. The Hall–Kier alpha value is -0.613. The van der Waals surface area contributed by atoms with E-state index >= 15 is 0 Å². The van der Waals surface area contributed by atoms with Crippen LogP contribution in [0.5, 0.6) is 0 Å². The molecule has 1 fully saturated rings. The van der Waals surface area contributed by atoms with Crippen molar-refractivity contribution in [3.8, 4) is 0 Å². The first kappa shape index (κ1) is 16.8. The summed E-state index contributed by atoms with van der Waals surface area (Å²) in [5.41, 5.74) is 0.411. The van der Waals surface area contributed by atoms with E-state index in [1.165, 1.54) is 20.0 Å². The second kappa shape index (κ2) is 5.54. The Morgan fingerprint density at radius 1 is 1.29 bits per heavy atom. The summed E-state index contributed by atoms with van der Waals surface area (Å²) >= 11 is 0. The van der Waals surface area contributed by atoms with E-state index in [-0.39, 0.29) is 16.6 Å². The molecule has 0 aromatic carbocycles. The normalized spacial score (nSPS) is 29.8. The van der Waals surface area contributed by atoms with Gasteiger partial charge in [-0.05, 0) is 31.0 Å². The minimum Gasteiger partial charge on any atom is -0.466 e. The Bertz CT molecular complexity index is 447. The molecule has 0 amide bonds. The molecule has 1 saturated carbocycles. The van der Waals surface area contributed by atoms with Gasteiger partial charge in [0.2, 0.25) is 0 Å². The van der Waals surface area contributed by atoms with Crippen molar-refractivity contribution in [2.75, 3.05) is 7.11 Å². The fraction of sp³-hybridized carbons (Fsp3) is 0.824. The number of carbonyl (C=O) groups excluding carboxylic acids is 1. The van der Waals surface area contributed by atoms with Crippen molar-refractivity contribution in [1.29, 1.82) is 0 Å². The Balaban J connectivity index is 2.34. The average Bonchev–Trinajstić information content (AvgIpc) is 2.50. The molecule has 0 aromatic rings. The van der Waals surface area contributed by atoms with Crippen molar-refractivity contribution in [2.45, 2.75) is 76.6 Å². The molecule has 0 spiro atoms. The smallest absolute Gasteiger partial charge is 0.336 e. The maximum atomic E-state index is 12.1. The van der Waals surface area contributed by atoms with Crippen LogP contribution in [0.2, 0.25) is 18.1 Å². The second-order valence-electron chi connectivity index (χ2n) is 8.03. The number of hydrogen-bond donors (Lipinski definition) is 0. The summed E-state index contributed by atoms with van der Waals surface area (Å²) < 4.78 is 11.8. The molecule has 3 nitrogen and oxygen atoms in total. The molecule has 0 saturated heterocycles. The molecule has 2 rings (SSSR count). The predicted octanol–water partition coefficient (Wildman–Crippen LogP) is 4.44. The first-order valence-corrected chi connectivity index (χ1v) is 11.1. The van der Waals surface area contributed by atoms with Crippen LogP contribution in [0.3, 0.4) is 0 Å². The summed E-state index contributed by atoms with van der Waals surface area (Å²) in [7, 11) is -0.461. The standard InChI is InChI=1S/C17H30O3Si/c1-16(2,3)21(5,6)20-17-11-9-7-8-10-13(17)12-14(17)15(18)19-4/h12-13H,7-11H2,1-6H3/t13-,17+/m0/s1. The zero-order valence-corrected chi connectivity index (χ0v) is 15.4. The third kappa shape index (κ3) is 2.85. The lowest BCUT2D eigenvalue weighted by Crippen LogP contribution is -2.58. The zero-order valence-electron chi connectivity index (χ0n) is 14.4. The highest BCUT2D eigenvalue weighted by Gasteiger charge is 2.56. The minimum atomic E-state index is -1.93. The van der Waals surface area contributed by atoms with Crippen molar-refractivity contribution in [2.24, 2.45) is 5.92 Å². The molecule has 0 unspecified atom stereocenters. The Morgan fingerprint density at radius 2 is 1.95 bits per heavy atom. The zero-order chi connectivity index (χ0) is 15.9. The molecular weight excluding hydrogens is 280 g/mol. The lowest BCUT2D eigenvalue weighted by molar-refractivity contribution is -0.140. The maximum absolute atomic E-state index is 12.1. The van der Waals surface area contributed by atoms with E-state index in [0.29, 0.717) is 5.92 Å². The quantitative estimate of drug-likeness (QED) is 0.571. The van der Waals surface area contributed by atoms with Crippen LogP contribution in [-0.4, -0.2) is 27.0 Å². The van der Waals surface area contributed by atoms with Crippen molar-refractivity contribution < 1.29 is 14.0 Å². The summed E-state index contributed by atoms with van der Waals surface area (Å²) in [6, 6.07) is 0. The summed E-state index contributed by atoms with van der Waals surface area (Å²) in [5, 5.41) is 0.148. The second-order valence-corrected chi connectivity index (χ2v) is 12.8. The fourth-order valence-corrected chi connectivity index (χ4v) is 4.87. The van der Waals surface area contributed by atoms with Crippen LogP contribution >= 0.6 is 0 Å². The fourth-order valence-electron chi connectivity index (χ4n) is 3.29. The highest BCUT2D eigenvalue weighted by molar-refractivity contribution is 6.74. The number of ether oxygens (including phenoxy) is 1. The van der Waals surface area contributed by atoms with E-state index in [1.807, 2.05) is 0 Å². The Kier molecular flexibility index (Phi) is 4.42. The monoisotopic (exact) mass is 310 g/mol. The van der Waals surface area contributed by atoms with E-state index in [4.69, 9.17) is 9.16 Å². The van der Waals surface area contributed by atoms with Crippen LogP contribution in [0, 0.1) is 5.92 Å². The van der Waals surface area contributed by atoms with Crippen LogP contribution in [0.25, 0.3) is 0 Å². The van der Waals surface area contributed by atoms with E-state index in [9.17, 15) is 4.79 Å². The van der Waals surface area contributed by atoms with Gasteiger partial charge in [0, 0.05) is 5.92 Å². The molecule has 2 atom stereocenters. The van der Waals surface area contributed by atoms with E-state index in [2.05, 4.69) is 39.9 Å². The van der Waals surface area contributed by atoms with Gasteiger partial charge < -0.3 is 9.16 Å². The summed E-state index contributed by atoms with van der Waals surface area (Å²) in [6.45, 7) is 11.3. The van der Waals surface area contributed by atoms with E-state index < -0.39 is 8.32 Å². The SMILES string of the molecule is COC(=O)C1=C[C@@H]2CCCCC[C@]12O[Si](C)(C)C(C)(C)C. The van der Waals surface area contributed by atoms with Gasteiger partial charge in [-0.3, -0.25) is 0 Å². The van der Waals surface area contributed by atoms with Gasteiger partial charge in [-0.15, -0.1) is 0 Å². The Labute approximate surface area is 130 Å². The third-order valence-corrected chi connectivity index (χ3v) is 10.1. The third-order valence-electron chi connectivity index (χ3n) is 5.63. The molecule has 0 N–H and O–H groups in total. The van der Waals surface area contributed by atoms with Gasteiger partial charge in [-0.2, -0.15) is 0 Å². The van der Waals surface area contributed by atoms with Crippen LogP contribution in [0.4, 0.5) is 0 Å². The largest absolute Gasteiger partial charge is 0.466 e. The molecule has 0 heterocycles.